The maximum atomic E-state index is 4.42. The lowest BCUT2D eigenvalue weighted by molar-refractivity contribution is 1.12. The van der Waals surface area contributed by atoms with Crippen LogP contribution in [-0.4, -0.2) is 4.98 Å². The number of rotatable bonds is 2. The second-order valence-electron chi connectivity index (χ2n) is 4.08. The molecule has 0 amide bonds. The van der Waals surface area contributed by atoms with Gasteiger partial charge in [-0.25, -0.2) is 0 Å². The van der Waals surface area contributed by atoms with Gasteiger partial charge < -0.3 is 0 Å². The van der Waals surface area contributed by atoms with Crippen LogP contribution in [0.2, 0.25) is 0 Å². The average molecular weight is 195 g/mol. The molecule has 1 heteroatoms. The zero-order valence-electron chi connectivity index (χ0n) is 8.56. The summed E-state index contributed by atoms with van der Waals surface area (Å²) >= 11 is 0. The van der Waals surface area contributed by atoms with Gasteiger partial charge in [-0.15, -0.1) is 0 Å². The van der Waals surface area contributed by atoms with E-state index in [1.807, 2.05) is 18.3 Å². The Morgan fingerprint density at radius 2 is 1.73 bits per heavy atom. The number of hydrogen-bond acceptors (Lipinski definition) is 1. The Balaban J connectivity index is 2.11. The Labute approximate surface area is 89.8 Å². The van der Waals surface area contributed by atoms with Crippen LogP contribution in [0.4, 0.5) is 0 Å². The Morgan fingerprint density at radius 3 is 2.47 bits per heavy atom. The maximum absolute atomic E-state index is 4.42. The summed E-state index contributed by atoms with van der Waals surface area (Å²) in [6.07, 6.45) is 4.53. The van der Waals surface area contributed by atoms with E-state index in [4.69, 9.17) is 0 Å². The predicted octanol–water partition coefficient (Wildman–Crippen LogP) is 3.63. The third kappa shape index (κ3) is 1.65. The molecule has 1 saturated carbocycles. The molecule has 1 fully saturated rings. The minimum Gasteiger partial charge on any atom is -0.256 e. The highest BCUT2D eigenvalue weighted by Gasteiger charge is 2.26. The minimum atomic E-state index is 0.781. The Morgan fingerprint density at radius 1 is 0.933 bits per heavy atom. The molecule has 0 radical (unpaired) electrons. The smallest absolute Gasteiger partial charge is 0.0704 e. The standard InChI is InChI=1S/C14H13N/c1-2-6-13(12(5-1)11-8-9-11)14-7-3-4-10-15-14/h1-7,10-11H,8-9H2. The summed E-state index contributed by atoms with van der Waals surface area (Å²) in [6, 6.07) is 14.7. The topological polar surface area (TPSA) is 12.9 Å². The molecule has 0 unspecified atom stereocenters. The molecule has 0 saturated heterocycles. The van der Waals surface area contributed by atoms with Gasteiger partial charge in [-0.1, -0.05) is 30.3 Å². The summed E-state index contributed by atoms with van der Waals surface area (Å²) in [4.78, 5) is 4.42. The molecular weight excluding hydrogens is 182 g/mol. The Hall–Kier alpha value is -1.63. The van der Waals surface area contributed by atoms with Crippen LogP contribution < -0.4 is 0 Å². The molecule has 1 aromatic carbocycles. The van der Waals surface area contributed by atoms with E-state index in [2.05, 4.69) is 35.3 Å². The molecule has 0 aliphatic heterocycles. The highest BCUT2D eigenvalue weighted by molar-refractivity contribution is 5.64. The zero-order valence-corrected chi connectivity index (χ0v) is 8.56. The van der Waals surface area contributed by atoms with Gasteiger partial charge in [0.1, 0.15) is 0 Å². The molecule has 3 rings (SSSR count). The van der Waals surface area contributed by atoms with E-state index in [0.717, 1.165) is 11.6 Å². The van der Waals surface area contributed by atoms with Gasteiger partial charge in [0.2, 0.25) is 0 Å². The zero-order chi connectivity index (χ0) is 10.1. The molecule has 0 spiro atoms. The van der Waals surface area contributed by atoms with Gasteiger partial charge in [0.05, 0.1) is 5.69 Å². The Bertz CT molecular complexity index is 458. The van der Waals surface area contributed by atoms with Gasteiger partial charge in [-0.05, 0) is 36.5 Å². The molecular formula is C14H13N. The van der Waals surface area contributed by atoms with Gasteiger partial charge in [0, 0.05) is 11.8 Å². The van der Waals surface area contributed by atoms with Crippen molar-refractivity contribution in [2.45, 2.75) is 18.8 Å². The van der Waals surface area contributed by atoms with Crippen molar-refractivity contribution in [1.29, 1.82) is 0 Å². The maximum Gasteiger partial charge on any atom is 0.0704 e. The van der Waals surface area contributed by atoms with Crippen molar-refractivity contribution < 1.29 is 0 Å². The normalized spacial score (nSPS) is 15.2. The number of pyridine rings is 1. The first kappa shape index (κ1) is 8.66. The largest absolute Gasteiger partial charge is 0.256 e. The van der Waals surface area contributed by atoms with Crippen molar-refractivity contribution in [3.05, 3.63) is 54.2 Å². The second-order valence-corrected chi connectivity index (χ2v) is 4.08. The van der Waals surface area contributed by atoms with Crippen LogP contribution in [0, 0.1) is 0 Å². The van der Waals surface area contributed by atoms with Gasteiger partial charge in [-0.3, -0.25) is 4.98 Å². The molecule has 15 heavy (non-hydrogen) atoms. The number of benzene rings is 1. The second kappa shape index (κ2) is 3.50. The number of hydrogen-bond donors (Lipinski definition) is 0. The van der Waals surface area contributed by atoms with Crippen LogP contribution in [0.25, 0.3) is 11.3 Å². The quantitative estimate of drug-likeness (QED) is 0.713. The summed E-state index contributed by atoms with van der Waals surface area (Å²) in [5, 5.41) is 0. The first-order valence-electron chi connectivity index (χ1n) is 5.45. The number of nitrogens with zero attached hydrogens (tertiary/aromatic N) is 1. The van der Waals surface area contributed by atoms with Crippen molar-refractivity contribution in [2.24, 2.45) is 0 Å². The SMILES string of the molecule is c1ccc(-c2ccccc2C2CC2)nc1. The van der Waals surface area contributed by atoms with Crippen LogP contribution >= 0.6 is 0 Å². The van der Waals surface area contributed by atoms with Crippen molar-refractivity contribution in [3.8, 4) is 11.3 Å². The van der Waals surface area contributed by atoms with Crippen LogP contribution in [0.5, 0.6) is 0 Å². The van der Waals surface area contributed by atoms with Crippen molar-refractivity contribution >= 4 is 0 Å². The highest BCUT2D eigenvalue weighted by atomic mass is 14.7. The van der Waals surface area contributed by atoms with Crippen molar-refractivity contribution in [3.63, 3.8) is 0 Å². The summed E-state index contributed by atoms with van der Waals surface area (Å²) in [6.45, 7) is 0. The minimum absolute atomic E-state index is 0.781. The van der Waals surface area contributed by atoms with E-state index in [0.29, 0.717) is 0 Å². The monoisotopic (exact) mass is 195 g/mol. The molecule has 2 aromatic rings. The summed E-state index contributed by atoms with van der Waals surface area (Å²) in [7, 11) is 0. The van der Waals surface area contributed by atoms with Gasteiger partial charge in [0.25, 0.3) is 0 Å². The van der Waals surface area contributed by atoms with Gasteiger partial charge in [0.15, 0.2) is 0 Å². The van der Waals surface area contributed by atoms with Crippen molar-refractivity contribution in [2.75, 3.05) is 0 Å². The van der Waals surface area contributed by atoms with E-state index in [1.54, 1.807) is 0 Å². The molecule has 0 bridgehead atoms. The molecule has 1 aromatic heterocycles. The van der Waals surface area contributed by atoms with Gasteiger partial charge >= 0.3 is 0 Å². The highest BCUT2D eigenvalue weighted by Crippen LogP contribution is 2.43. The van der Waals surface area contributed by atoms with Crippen LogP contribution in [0.3, 0.4) is 0 Å². The summed E-state index contributed by atoms with van der Waals surface area (Å²) < 4.78 is 0. The van der Waals surface area contributed by atoms with Crippen LogP contribution in [0.1, 0.15) is 24.3 Å². The predicted molar refractivity (Wildman–Crippen MR) is 61.6 cm³/mol. The fourth-order valence-corrected chi connectivity index (χ4v) is 2.00. The molecule has 1 aliphatic carbocycles. The summed E-state index contributed by atoms with van der Waals surface area (Å²) in [5.41, 5.74) is 3.87. The lowest BCUT2D eigenvalue weighted by atomic mass is 10.0. The molecule has 74 valence electrons. The molecule has 1 aliphatic rings. The lowest BCUT2D eigenvalue weighted by Crippen LogP contribution is -1.88. The average Bonchev–Trinajstić information content (AvgIpc) is 3.14. The molecule has 1 nitrogen and oxygen atoms in total. The Kier molecular flexibility index (Phi) is 2.02. The van der Waals surface area contributed by atoms with Crippen molar-refractivity contribution in [1.82, 2.24) is 4.98 Å². The first-order chi connectivity index (χ1) is 7.45. The van der Waals surface area contributed by atoms with E-state index in [1.165, 1.54) is 24.0 Å². The van der Waals surface area contributed by atoms with E-state index in [-0.39, 0.29) is 0 Å². The molecule has 1 heterocycles. The van der Waals surface area contributed by atoms with Crippen LogP contribution in [0.15, 0.2) is 48.7 Å². The third-order valence-electron chi connectivity index (χ3n) is 2.92. The summed E-state index contributed by atoms with van der Waals surface area (Å²) in [5.74, 6) is 0.781. The lowest BCUT2D eigenvalue weighted by Gasteiger charge is -2.07. The van der Waals surface area contributed by atoms with Gasteiger partial charge in [-0.2, -0.15) is 0 Å². The molecule has 0 N–H and O–H groups in total. The van der Waals surface area contributed by atoms with E-state index in [9.17, 15) is 0 Å². The first-order valence-corrected chi connectivity index (χ1v) is 5.45. The third-order valence-corrected chi connectivity index (χ3v) is 2.92. The fraction of sp³-hybridized carbons (Fsp3) is 0.214. The molecule has 0 atom stereocenters. The van der Waals surface area contributed by atoms with Crippen LogP contribution in [-0.2, 0) is 0 Å². The fourth-order valence-electron chi connectivity index (χ4n) is 2.00. The van der Waals surface area contributed by atoms with E-state index < -0.39 is 0 Å². The number of aromatic nitrogens is 1. The van der Waals surface area contributed by atoms with E-state index >= 15 is 0 Å².